The lowest BCUT2D eigenvalue weighted by Crippen LogP contribution is -2.35. The van der Waals surface area contributed by atoms with Crippen LogP contribution in [-0.2, 0) is 21.2 Å². The molecule has 0 spiro atoms. The highest BCUT2D eigenvalue weighted by Gasteiger charge is 2.25. The molecule has 0 radical (unpaired) electrons. The predicted octanol–water partition coefficient (Wildman–Crippen LogP) is 3.45. The van der Waals surface area contributed by atoms with Crippen molar-refractivity contribution in [2.75, 3.05) is 25.0 Å². The van der Waals surface area contributed by atoms with Crippen molar-refractivity contribution in [3.63, 3.8) is 0 Å². The van der Waals surface area contributed by atoms with Gasteiger partial charge in [-0.15, -0.1) is 0 Å². The molecule has 0 aliphatic carbocycles. The largest absolute Gasteiger partial charge is 0.493 e. The summed E-state index contributed by atoms with van der Waals surface area (Å²) in [5, 5.41) is 2.76. The number of carbonyl (C=O) groups excluding carboxylic acids is 1. The van der Waals surface area contributed by atoms with Gasteiger partial charge in [0, 0.05) is 31.3 Å². The molecule has 4 rings (SSSR count). The van der Waals surface area contributed by atoms with Crippen LogP contribution in [0.4, 0.5) is 5.69 Å². The van der Waals surface area contributed by atoms with Crippen molar-refractivity contribution in [2.45, 2.75) is 30.6 Å². The molecule has 1 amide bonds. The van der Waals surface area contributed by atoms with Gasteiger partial charge in [-0.3, -0.25) is 4.79 Å². The lowest BCUT2D eigenvalue weighted by atomic mass is 10.1. The van der Waals surface area contributed by atoms with Crippen LogP contribution >= 0.6 is 0 Å². The van der Waals surface area contributed by atoms with Crippen molar-refractivity contribution in [1.82, 2.24) is 4.31 Å². The van der Waals surface area contributed by atoms with Crippen molar-refractivity contribution in [2.24, 2.45) is 0 Å². The molecule has 7 heteroatoms. The van der Waals surface area contributed by atoms with Gasteiger partial charge >= 0.3 is 0 Å². The number of amides is 1. The number of sulfonamides is 1. The van der Waals surface area contributed by atoms with Crippen molar-refractivity contribution >= 4 is 27.7 Å². The molecule has 2 aromatic rings. The van der Waals surface area contributed by atoms with Crippen LogP contribution in [0.25, 0.3) is 6.08 Å². The van der Waals surface area contributed by atoms with Gasteiger partial charge < -0.3 is 10.1 Å². The Kier molecular flexibility index (Phi) is 5.69. The van der Waals surface area contributed by atoms with Gasteiger partial charge in [-0.2, -0.15) is 4.31 Å². The van der Waals surface area contributed by atoms with E-state index >= 15 is 0 Å². The summed E-state index contributed by atoms with van der Waals surface area (Å²) in [5.74, 6) is 0.639. The Balaban J connectivity index is 1.38. The fraction of sp³-hybridized carbons (Fsp3) is 0.318. The lowest BCUT2D eigenvalue weighted by molar-refractivity contribution is -0.111. The Morgan fingerprint density at radius 2 is 1.79 bits per heavy atom. The van der Waals surface area contributed by atoms with E-state index in [1.165, 1.54) is 10.4 Å². The molecule has 1 N–H and O–H groups in total. The van der Waals surface area contributed by atoms with E-state index in [1.807, 2.05) is 18.2 Å². The molecule has 1 saturated heterocycles. The summed E-state index contributed by atoms with van der Waals surface area (Å²) in [6.45, 7) is 1.84. The first kappa shape index (κ1) is 19.7. The third-order valence-electron chi connectivity index (χ3n) is 5.22. The van der Waals surface area contributed by atoms with Crippen LogP contribution in [0.1, 0.15) is 30.4 Å². The van der Waals surface area contributed by atoms with Gasteiger partial charge in [0.2, 0.25) is 15.9 Å². The molecule has 1 fully saturated rings. The number of hydrogen-bond acceptors (Lipinski definition) is 4. The number of carbonyl (C=O) groups is 1. The molecule has 2 aromatic carbocycles. The zero-order valence-corrected chi connectivity index (χ0v) is 17.0. The van der Waals surface area contributed by atoms with E-state index in [0.717, 1.165) is 42.6 Å². The van der Waals surface area contributed by atoms with Gasteiger partial charge in [-0.05, 0) is 66.4 Å². The minimum Gasteiger partial charge on any atom is -0.493 e. The fourth-order valence-electron chi connectivity index (χ4n) is 3.63. The molecule has 2 aliphatic rings. The highest BCUT2D eigenvalue weighted by Crippen LogP contribution is 2.26. The fourth-order valence-corrected chi connectivity index (χ4v) is 5.15. The number of nitrogens with zero attached hydrogens (tertiary/aromatic N) is 1. The Morgan fingerprint density at radius 1 is 1.03 bits per heavy atom. The van der Waals surface area contributed by atoms with E-state index in [1.54, 1.807) is 30.3 Å². The summed E-state index contributed by atoms with van der Waals surface area (Å²) < 4.78 is 32.4. The average Bonchev–Trinajstić information content (AvgIpc) is 3.21. The minimum atomic E-state index is -3.46. The molecule has 152 valence electrons. The zero-order chi connectivity index (χ0) is 20.3. The van der Waals surface area contributed by atoms with Gasteiger partial charge in [0.15, 0.2) is 0 Å². The third-order valence-corrected chi connectivity index (χ3v) is 7.13. The Bertz CT molecular complexity index is 1020. The van der Waals surface area contributed by atoms with Gasteiger partial charge in [0.1, 0.15) is 5.75 Å². The van der Waals surface area contributed by atoms with Crippen LogP contribution in [0.5, 0.6) is 5.75 Å². The van der Waals surface area contributed by atoms with E-state index in [2.05, 4.69) is 5.32 Å². The zero-order valence-electron chi connectivity index (χ0n) is 16.1. The quantitative estimate of drug-likeness (QED) is 0.764. The van der Waals surface area contributed by atoms with Crippen molar-refractivity contribution in [3.05, 3.63) is 59.7 Å². The molecule has 0 saturated carbocycles. The molecular formula is C22H24N2O4S. The molecule has 6 nitrogen and oxygen atoms in total. The Hall–Kier alpha value is -2.64. The number of ether oxygens (including phenoxy) is 1. The highest BCUT2D eigenvalue weighted by atomic mass is 32.2. The second-order valence-corrected chi connectivity index (χ2v) is 9.22. The number of piperidine rings is 1. The van der Waals surface area contributed by atoms with Crippen LogP contribution in [0.15, 0.2) is 53.4 Å². The minimum absolute atomic E-state index is 0.258. The Morgan fingerprint density at radius 3 is 2.55 bits per heavy atom. The number of fused-ring (bicyclic) bond motifs is 1. The van der Waals surface area contributed by atoms with Crippen LogP contribution in [0.3, 0.4) is 0 Å². The van der Waals surface area contributed by atoms with Crippen LogP contribution in [-0.4, -0.2) is 38.3 Å². The molecule has 2 aliphatic heterocycles. The number of benzene rings is 2. The molecule has 2 heterocycles. The first-order valence-corrected chi connectivity index (χ1v) is 11.3. The lowest BCUT2D eigenvalue weighted by Gasteiger charge is -2.25. The molecule has 0 aromatic heterocycles. The van der Waals surface area contributed by atoms with Gasteiger partial charge in [0.05, 0.1) is 11.5 Å². The summed E-state index contributed by atoms with van der Waals surface area (Å²) in [6, 6.07) is 12.2. The summed E-state index contributed by atoms with van der Waals surface area (Å²) in [6.07, 6.45) is 6.98. The summed E-state index contributed by atoms with van der Waals surface area (Å²) in [7, 11) is -3.46. The summed E-state index contributed by atoms with van der Waals surface area (Å²) in [4.78, 5) is 12.5. The number of nitrogens with one attached hydrogen (secondary N) is 1. The second-order valence-electron chi connectivity index (χ2n) is 7.28. The average molecular weight is 413 g/mol. The smallest absolute Gasteiger partial charge is 0.248 e. The maximum atomic E-state index is 12.7. The van der Waals surface area contributed by atoms with E-state index < -0.39 is 10.0 Å². The molecule has 0 unspecified atom stereocenters. The topological polar surface area (TPSA) is 75.7 Å². The van der Waals surface area contributed by atoms with Crippen molar-refractivity contribution < 1.29 is 17.9 Å². The van der Waals surface area contributed by atoms with E-state index in [-0.39, 0.29) is 10.8 Å². The predicted molar refractivity (Wildman–Crippen MR) is 112 cm³/mol. The maximum Gasteiger partial charge on any atom is 0.248 e. The van der Waals surface area contributed by atoms with Gasteiger partial charge in [0.25, 0.3) is 0 Å². The van der Waals surface area contributed by atoms with E-state index in [9.17, 15) is 13.2 Å². The van der Waals surface area contributed by atoms with Gasteiger partial charge in [-0.1, -0.05) is 12.5 Å². The summed E-state index contributed by atoms with van der Waals surface area (Å²) in [5.41, 5.74) is 2.64. The molecule has 0 bridgehead atoms. The number of rotatable bonds is 5. The second kappa shape index (κ2) is 8.39. The molecule has 0 atom stereocenters. The van der Waals surface area contributed by atoms with Crippen LogP contribution in [0, 0.1) is 0 Å². The van der Waals surface area contributed by atoms with E-state index in [0.29, 0.717) is 25.4 Å². The van der Waals surface area contributed by atoms with Crippen molar-refractivity contribution in [1.29, 1.82) is 0 Å². The van der Waals surface area contributed by atoms with E-state index in [4.69, 9.17) is 4.74 Å². The summed E-state index contributed by atoms with van der Waals surface area (Å²) >= 11 is 0. The maximum absolute atomic E-state index is 12.7. The van der Waals surface area contributed by atoms with Crippen LogP contribution < -0.4 is 10.1 Å². The highest BCUT2D eigenvalue weighted by molar-refractivity contribution is 7.89. The van der Waals surface area contributed by atoms with Gasteiger partial charge in [-0.25, -0.2) is 8.42 Å². The normalized spacial score (nSPS) is 17.1. The monoisotopic (exact) mass is 412 g/mol. The number of hydrogen-bond donors (Lipinski definition) is 1. The molecular weight excluding hydrogens is 388 g/mol. The SMILES string of the molecule is O=C(/C=C/c1ccc2c(c1)CCO2)Nc1ccc(S(=O)(=O)N2CCCCC2)cc1. The Labute approximate surface area is 171 Å². The first-order valence-electron chi connectivity index (χ1n) is 9.87. The standard InChI is InChI=1S/C22H24N2O4S/c25-22(11-5-17-4-10-21-18(16-17)12-15-28-21)23-19-6-8-20(9-7-19)29(26,27)24-13-2-1-3-14-24/h4-11,16H,1-3,12-15H2,(H,23,25)/b11-5+. The number of anilines is 1. The molecule has 29 heavy (non-hydrogen) atoms. The van der Waals surface area contributed by atoms with Crippen molar-refractivity contribution in [3.8, 4) is 5.75 Å². The first-order chi connectivity index (χ1) is 14.0. The third kappa shape index (κ3) is 4.52. The van der Waals surface area contributed by atoms with Crippen LogP contribution in [0.2, 0.25) is 0 Å².